The molecule has 1 N–H and O–H groups in total. The van der Waals surface area contributed by atoms with Crippen LogP contribution in [-0.4, -0.2) is 55.6 Å². The predicted molar refractivity (Wildman–Crippen MR) is 59.8 cm³/mol. The quantitative estimate of drug-likeness (QED) is 0.747. The van der Waals surface area contributed by atoms with Crippen LogP contribution in [0.4, 0.5) is 4.79 Å². The molecule has 0 radical (unpaired) electrons. The maximum atomic E-state index is 11.6. The van der Waals surface area contributed by atoms with Crippen molar-refractivity contribution in [2.24, 2.45) is 5.92 Å². The highest BCUT2D eigenvalue weighted by Crippen LogP contribution is 2.17. The maximum Gasteiger partial charge on any atom is 0.319 e. The van der Waals surface area contributed by atoms with Gasteiger partial charge in [0.15, 0.2) is 0 Å². The molecule has 0 bridgehead atoms. The van der Waals surface area contributed by atoms with Crippen molar-refractivity contribution in [2.45, 2.75) is 19.3 Å². The molecular formula is C11H21N3O. The second-order valence-electron chi connectivity index (χ2n) is 4.67. The number of likely N-dealkylation sites (N-methyl/N-ethyl adjacent to an activating group) is 1. The largest absolute Gasteiger partial charge is 0.326 e. The van der Waals surface area contributed by atoms with E-state index >= 15 is 0 Å². The molecule has 0 aromatic carbocycles. The summed E-state index contributed by atoms with van der Waals surface area (Å²) in [4.78, 5) is 15.4. The molecule has 0 saturated carbocycles. The number of rotatable bonds is 3. The molecule has 2 saturated heterocycles. The van der Waals surface area contributed by atoms with Crippen LogP contribution in [0.25, 0.3) is 0 Å². The SMILES string of the molecule is CN1CCN(CCC2CCNCC2)C1=O. The summed E-state index contributed by atoms with van der Waals surface area (Å²) in [5.74, 6) is 0.824. The molecule has 86 valence electrons. The number of hydrogen-bond acceptors (Lipinski definition) is 2. The Bertz CT molecular complexity index is 226. The van der Waals surface area contributed by atoms with Crippen LogP contribution in [0, 0.1) is 5.92 Å². The van der Waals surface area contributed by atoms with Gasteiger partial charge in [-0.25, -0.2) is 4.79 Å². The van der Waals surface area contributed by atoms with Gasteiger partial charge < -0.3 is 15.1 Å². The number of hydrogen-bond donors (Lipinski definition) is 1. The van der Waals surface area contributed by atoms with Crippen molar-refractivity contribution < 1.29 is 4.79 Å². The van der Waals surface area contributed by atoms with Crippen molar-refractivity contribution in [3.63, 3.8) is 0 Å². The summed E-state index contributed by atoms with van der Waals surface area (Å²) in [5, 5.41) is 3.37. The number of nitrogens with one attached hydrogen (secondary N) is 1. The van der Waals surface area contributed by atoms with Crippen molar-refractivity contribution in [3.05, 3.63) is 0 Å². The molecule has 2 heterocycles. The third-order valence-corrected chi connectivity index (χ3v) is 3.57. The Morgan fingerprint density at radius 2 is 2.07 bits per heavy atom. The van der Waals surface area contributed by atoms with Gasteiger partial charge in [-0.3, -0.25) is 0 Å². The zero-order chi connectivity index (χ0) is 10.7. The van der Waals surface area contributed by atoms with Gasteiger partial charge in [-0.05, 0) is 38.3 Å². The van der Waals surface area contributed by atoms with Crippen molar-refractivity contribution in [2.75, 3.05) is 39.8 Å². The normalized spacial score (nSPS) is 23.9. The maximum absolute atomic E-state index is 11.6. The Morgan fingerprint density at radius 3 is 2.67 bits per heavy atom. The molecule has 0 aromatic heterocycles. The van der Waals surface area contributed by atoms with Crippen LogP contribution < -0.4 is 5.32 Å². The number of carbonyl (C=O) groups excluding carboxylic acids is 1. The van der Waals surface area contributed by atoms with Crippen molar-refractivity contribution in [1.29, 1.82) is 0 Å². The molecule has 0 aliphatic carbocycles. The Morgan fingerprint density at radius 1 is 1.33 bits per heavy atom. The molecule has 2 aliphatic heterocycles. The monoisotopic (exact) mass is 211 g/mol. The summed E-state index contributed by atoms with van der Waals surface area (Å²) >= 11 is 0. The summed E-state index contributed by atoms with van der Waals surface area (Å²) in [7, 11) is 1.88. The van der Waals surface area contributed by atoms with E-state index in [0.717, 1.165) is 38.6 Å². The Balaban J connectivity index is 1.71. The summed E-state index contributed by atoms with van der Waals surface area (Å²) < 4.78 is 0. The first-order chi connectivity index (χ1) is 7.27. The van der Waals surface area contributed by atoms with Gasteiger partial charge in [-0.1, -0.05) is 0 Å². The molecule has 4 nitrogen and oxygen atoms in total. The number of amides is 2. The minimum absolute atomic E-state index is 0.212. The molecule has 2 aliphatic rings. The van der Waals surface area contributed by atoms with E-state index in [2.05, 4.69) is 5.32 Å². The summed E-state index contributed by atoms with van der Waals surface area (Å²) in [6, 6.07) is 0.212. The van der Waals surface area contributed by atoms with Gasteiger partial charge >= 0.3 is 6.03 Å². The van der Waals surface area contributed by atoms with Gasteiger partial charge in [0.25, 0.3) is 0 Å². The van der Waals surface area contributed by atoms with Gasteiger partial charge in [-0.2, -0.15) is 0 Å². The van der Waals surface area contributed by atoms with Crippen LogP contribution in [0.5, 0.6) is 0 Å². The lowest BCUT2D eigenvalue weighted by atomic mass is 9.94. The fourth-order valence-electron chi connectivity index (χ4n) is 2.42. The lowest BCUT2D eigenvalue weighted by Gasteiger charge is -2.24. The van der Waals surface area contributed by atoms with E-state index < -0.39 is 0 Å². The van der Waals surface area contributed by atoms with Crippen molar-refractivity contribution >= 4 is 6.03 Å². The van der Waals surface area contributed by atoms with E-state index in [1.165, 1.54) is 19.3 Å². The lowest BCUT2D eigenvalue weighted by molar-refractivity contribution is 0.194. The Hall–Kier alpha value is -0.770. The van der Waals surface area contributed by atoms with Crippen LogP contribution in [0.1, 0.15) is 19.3 Å². The Labute approximate surface area is 91.6 Å². The first kappa shape index (κ1) is 10.7. The predicted octanol–water partition coefficient (Wildman–Crippen LogP) is 0.743. The van der Waals surface area contributed by atoms with Crippen LogP contribution >= 0.6 is 0 Å². The summed E-state index contributed by atoms with van der Waals surface area (Å²) in [6.45, 7) is 5.07. The van der Waals surface area contributed by atoms with Gasteiger partial charge in [0.2, 0.25) is 0 Å². The van der Waals surface area contributed by atoms with E-state index in [1.807, 2.05) is 16.8 Å². The highest BCUT2D eigenvalue weighted by atomic mass is 16.2. The summed E-state index contributed by atoms with van der Waals surface area (Å²) in [6.07, 6.45) is 3.73. The summed E-state index contributed by atoms with van der Waals surface area (Å²) in [5.41, 5.74) is 0. The highest BCUT2D eigenvalue weighted by molar-refractivity contribution is 5.76. The number of carbonyl (C=O) groups is 1. The topological polar surface area (TPSA) is 35.6 Å². The first-order valence-corrected chi connectivity index (χ1v) is 5.98. The number of nitrogens with zero attached hydrogens (tertiary/aromatic N) is 2. The van der Waals surface area contributed by atoms with Crippen LogP contribution in [0.3, 0.4) is 0 Å². The zero-order valence-electron chi connectivity index (χ0n) is 9.54. The van der Waals surface area contributed by atoms with Crippen LogP contribution in [-0.2, 0) is 0 Å². The van der Waals surface area contributed by atoms with E-state index in [1.54, 1.807) is 0 Å². The fraction of sp³-hybridized carbons (Fsp3) is 0.909. The van der Waals surface area contributed by atoms with Gasteiger partial charge in [0.05, 0.1) is 0 Å². The molecule has 2 amide bonds. The Kier molecular flexibility index (Phi) is 3.46. The number of urea groups is 1. The van der Waals surface area contributed by atoms with Gasteiger partial charge in [0, 0.05) is 26.7 Å². The second-order valence-corrected chi connectivity index (χ2v) is 4.67. The molecule has 15 heavy (non-hydrogen) atoms. The van der Waals surface area contributed by atoms with E-state index in [0.29, 0.717) is 0 Å². The van der Waals surface area contributed by atoms with E-state index in [9.17, 15) is 4.79 Å². The van der Waals surface area contributed by atoms with E-state index in [-0.39, 0.29) is 6.03 Å². The first-order valence-electron chi connectivity index (χ1n) is 5.98. The van der Waals surface area contributed by atoms with E-state index in [4.69, 9.17) is 0 Å². The molecule has 0 spiro atoms. The molecule has 0 atom stereocenters. The number of piperidine rings is 1. The minimum atomic E-state index is 0.212. The third-order valence-electron chi connectivity index (χ3n) is 3.57. The molecule has 2 rings (SSSR count). The fourth-order valence-corrected chi connectivity index (χ4v) is 2.42. The third kappa shape index (κ3) is 2.62. The molecule has 0 aromatic rings. The van der Waals surface area contributed by atoms with Gasteiger partial charge in [0.1, 0.15) is 0 Å². The smallest absolute Gasteiger partial charge is 0.319 e. The van der Waals surface area contributed by atoms with Crippen LogP contribution in [0.15, 0.2) is 0 Å². The van der Waals surface area contributed by atoms with Crippen molar-refractivity contribution in [1.82, 2.24) is 15.1 Å². The molecule has 2 fully saturated rings. The van der Waals surface area contributed by atoms with Crippen molar-refractivity contribution in [3.8, 4) is 0 Å². The molecule has 4 heteroatoms. The average molecular weight is 211 g/mol. The lowest BCUT2D eigenvalue weighted by Crippen LogP contribution is -2.33. The van der Waals surface area contributed by atoms with Crippen LogP contribution in [0.2, 0.25) is 0 Å². The second kappa shape index (κ2) is 4.84. The molecular weight excluding hydrogens is 190 g/mol. The molecule has 0 unspecified atom stereocenters. The highest BCUT2D eigenvalue weighted by Gasteiger charge is 2.25. The zero-order valence-corrected chi connectivity index (χ0v) is 9.54. The average Bonchev–Trinajstić information content (AvgIpc) is 2.59. The minimum Gasteiger partial charge on any atom is -0.326 e. The standard InChI is InChI=1S/C11H21N3O/c1-13-8-9-14(11(13)15)7-4-10-2-5-12-6-3-10/h10,12H,2-9H2,1H3. The van der Waals surface area contributed by atoms with Gasteiger partial charge in [-0.15, -0.1) is 0 Å².